The number of unbranched alkanes of at least 4 members (excludes halogenated alkanes) is 11. The summed E-state index contributed by atoms with van der Waals surface area (Å²) in [6.45, 7) is 4.23. The normalized spacial score (nSPS) is 14.4. The molecule has 0 spiro atoms. The van der Waals surface area contributed by atoms with E-state index in [0.29, 0.717) is 12.8 Å². The standard InChI is InChI=1S/C22H46O4S/c1-3-5-14-17-21(23)18-15-12-10-8-7-9-11-13-16-20-22(19-6-4-2)27(24,25)26/h21-23H,3-20H2,1-2H3,(H,24,25,26). The van der Waals surface area contributed by atoms with Crippen molar-refractivity contribution < 1.29 is 18.1 Å². The quantitative estimate of drug-likeness (QED) is 0.175. The molecule has 0 aliphatic heterocycles. The van der Waals surface area contributed by atoms with Gasteiger partial charge in [-0.1, -0.05) is 104 Å². The highest BCUT2D eigenvalue weighted by Crippen LogP contribution is 2.18. The van der Waals surface area contributed by atoms with Gasteiger partial charge in [-0.25, -0.2) is 0 Å². The average molecular weight is 407 g/mol. The van der Waals surface area contributed by atoms with Crippen LogP contribution in [-0.4, -0.2) is 29.4 Å². The van der Waals surface area contributed by atoms with Crippen molar-refractivity contribution in [3.8, 4) is 0 Å². The summed E-state index contributed by atoms with van der Waals surface area (Å²) in [5.74, 6) is 0. The molecule has 0 aliphatic carbocycles. The van der Waals surface area contributed by atoms with Crippen LogP contribution in [0, 0.1) is 0 Å². The lowest BCUT2D eigenvalue weighted by atomic mass is 10.0. The highest BCUT2D eigenvalue weighted by Gasteiger charge is 2.21. The van der Waals surface area contributed by atoms with Gasteiger partial charge in [-0.3, -0.25) is 4.55 Å². The summed E-state index contributed by atoms with van der Waals surface area (Å²) in [4.78, 5) is 0. The highest BCUT2D eigenvalue weighted by atomic mass is 32.2. The third-order valence-electron chi connectivity index (χ3n) is 5.51. The fourth-order valence-corrected chi connectivity index (χ4v) is 4.57. The molecule has 0 saturated carbocycles. The molecular formula is C22H46O4S. The summed E-state index contributed by atoms with van der Waals surface area (Å²) in [7, 11) is -3.88. The zero-order valence-electron chi connectivity index (χ0n) is 18.0. The van der Waals surface area contributed by atoms with Gasteiger partial charge in [0.05, 0.1) is 11.4 Å². The number of hydrogen-bond acceptors (Lipinski definition) is 3. The van der Waals surface area contributed by atoms with Crippen LogP contribution >= 0.6 is 0 Å². The van der Waals surface area contributed by atoms with Gasteiger partial charge in [0.2, 0.25) is 0 Å². The van der Waals surface area contributed by atoms with E-state index in [4.69, 9.17) is 0 Å². The highest BCUT2D eigenvalue weighted by molar-refractivity contribution is 7.86. The number of rotatable bonds is 20. The van der Waals surface area contributed by atoms with Crippen LogP contribution in [0.15, 0.2) is 0 Å². The molecule has 2 N–H and O–H groups in total. The maximum Gasteiger partial charge on any atom is 0.267 e. The minimum Gasteiger partial charge on any atom is -0.393 e. The summed E-state index contributed by atoms with van der Waals surface area (Å²) in [5, 5.41) is 9.32. The molecule has 0 aliphatic rings. The van der Waals surface area contributed by atoms with Gasteiger partial charge in [0.25, 0.3) is 10.1 Å². The van der Waals surface area contributed by atoms with E-state index in [9.17, 15) is 18.1 Å². The lowest BCUT2D eigenvalue weighted by Crippen LogP contribution is -2.20. The van der Waals surface area contributed by atoms with Crippen molar-refractivity contribution >= 4 is 10.1 Å². The van der Waals surface area contributed by atoms with Gasteiger partial charge in [0.1, 0.15) is 0 Å². The minimum absolute atomic E-state index is 0.0968. The Balaban J connectivity index is 3.46. The molecule has 0 radical (unpaired) electrons. The summed E-state index contributed by atoms with van der Waals surface area (Å²) in [5.41, 5.74) is 0. The fourth-order valence-electron chi connectivity index (χ4n) is 3.64. The Hall–Kier alpha value is -0.130. The van der Waals surface area contributed by atoms with Gasteiger partial charge in [0, 0.05) is 0 Å². The Morgan fingerprint density at radius 2 is 0.963 bits per heavy atom. The second kappa shape index (κ2) is 17.9. The molecule has 0 rings (SSSR count). The van der Waals surface area contributed by atoms with E-state index < -0.39 is 15.4 Å². The van der Waals surface area contributed by atoms with E-state index in [1.165, 1.54) is 44.9 Å². The van der Waals surface area contributed by atoms with Crippen molar-refractivity contribution in [2.24, 2.45) is 0 Å². The Morgan fingerprint density at radius 1 is 0.593 bits per heavy atom. The van der Waals surface area contributed by atoms with Crippen molar-refractivity contribution in [1.29, 1.82) is 0 Å². The van der Waals surface area contributed by atoms with E-state index in [2.05, 4.69) is 6.92 Å². The number of hydrogen-bond donors (Lipinski definition) is 2. The summed E-state index contributed by atoms with van der Waals surface area (Å²) in [6.07, 6.45) is 18.9. The molecule has 2 atom stereocenters. The van der Waals surface area contributed by atoms with Gasteiger partial charge >= 0.3 is 0 Å². The molecule has 0 aromatic carbocycles. The van der Waals surface area contributed by atoms with Crippen molar-refractivity contribution in [2.45, 2.75) is 141 Å². The molecule has 0 heterocycles. The molecule has 0 aromatic rings. The van der Waals surface area contributed by atoms with E-state index in [-0.39, 0.29) is 6.10 Å². The van der Waals surface area contributed by atoms with Crippen LogP contribution < -0.4 is 0 Å². The first-order chi connectivity index (χ1) is 12.9. The molecule has 0 amide bonds. The second-order valence-corrected chi connectivity index (χ2v) is 9.88. The Labute approximate surface area is 169 Å². The van der Waals surface area contributed by atoms with Crippen LogP contribution in [0.2, 0.25) is 0 Å². The topological polar surface area (TPSA) is 74.6 Å². The zero-order chi connectivity index (χ0) is 20.4. The first kappa shape index (κ1) is 26.9. The molecular weight excluding hydrogens is 360 g/mol. The molecule has 0 saturated heterocycles. The van der Waals surface area contributed by atoms with Gasteiger partial charge < -0.3 is 5.11 Å². The van der Waals surface area contributed by atoms with E-state index in [0.717, 1.165) is 57.8 Å². The van der Waals surface area contributed by atoms with Crippen LogP contribution in [0.25, 0.3) is 0 Å². The maximum absolute atomic E-state index is 11.4. The Bertz CT molecular complexity index is 409. The SMILES string of the molecule is CCCCCC(O)CCCCCCCCCCCC(CCCC)S(=O)(=O)O. The predicted molar refractivity (Wildman–Crippen MR) is 116 cm³/mol. The van der Waals surface area contributed by atoms with Crippen LogP contribution in [-0.2, 0) is 10.1 Å². The molecule has 2 unspecified atom stereocenters. The van der Waals surface area contributed by atoms with E-state index in [1.54, 1.807) is 0 Å². The molecule has 0 bridgehead atoms. The first-order valence-corrected chi connectivity index (χ1v) is 13.1. The molecule has 27 heavy (non-hydrogen) atoms. The van der Waals surface area contributed by atoms with Gasteiger partial charge in [-0.05, 0) is 25.7 Å². The van der Waals surface area contributed by atoms with Gasteiger partial charge in [0.15, 0.2) is 0 Å². The smallest absolute Gasteiger partial charge is 0.267 e. The van der Waals surface area contributed by atoms with Gasteiger partial charge in [-0.2, -0.15) is 8.42 Å². The van der Waals surface area contributed by atoms with Crippen molar-refractivity contribution in [1.82, 2.24) is 0 Å². The molecule has 4 nitrogen and oxygen atoms in total. The fraction of sp³-hybridized carbons (Fsp3) is 1.00. The minimum atomic E-state index is -3.88. The van der Waals surface area contributed by atoms with E-state index in [1.807, 2.05) is 6.92 Å². The monoisotopic (exact) mass is 406 g/mol. The van der Waals surface area contributed by atoms with Crippen LogP contribution in [0.4, 0.5) is 0 Å². The van der Waals surface area contributed by atoms with Crippen molar-refractivity contribution in [3.05, 3.63) is 0 Å². The summed E-state index contributed by atoms with van der Waals surface area (Å²) in [6, 6.07) is 0. The third kappa shape index (κ3) is 17.7. The van der Waals surface area contributed by atoms with Crippen LogP contribution in [0.5, 0.6) is 0 Å². The van der Waals surface area contributed by atoms with Crippen molar-refractivity contribution in [3.63, 3.8) is 0 Å². The Morgan fingerprint density at radius 3 is 1.41 bits per heavy atom. The van der Waals surface area contributed by atoms with Crippen molar-refractivity contribution in [2.75, 3.05) is 0 Å². The van der Waals surface area contributed by atoms with E-state index >= 15 is 0 Å². The zero-order valence-corrected chi connectivity index (χ0v) is 18.8. The lowest BCUT2D eigenvalue weighted by molar-refractivity contribution is 0.147. The summed E-state index contributed by atoms with van der Waals surface area (Å²) >= 11 is 0. The van der Waals surface area contributed by atoms with Crippen LogP contribution in [0.3, 0.4) is 0 Å². The largest absolute Gasteiger partial charge is 0.393 e. The number of aliphatic hydroxyl groups is 1. The second-order valence-electron chi connectivity index (χ2n) is 8.19. The lowest BCUT2D eigenvalue weighted by Gasteiger charge is -2.13. The maximum atomic E-state index is 11.4. The molecule has 0 aromatic heterocycles. The predicted octanol–water partition coefficient (Wildman–Crippen LogP) is 6.67. The van der Waals surface area contributed by atoms with Crippen LogP contribution in [0.1, 0.15) is 129 Å². The molecule has 0 fully saturated rings. The third-order valence-corrected chi connectivity index (χ3v) is 6.82. The molecule has 5 heteroatoms. The number of aliphatic hydroxyl groups excluding tert-OH is 1. The Kier molecular flexibility index (Phi) is 17.8. The van der Waals surface area contributed by atoms with Gasteiger partial charge in [-0.15, -0.1) is 0 Å². The first-order valence-electron chi connectivity index (χ1n) is 11.6. The average Bonchev–Trinajstić information content (AvgIpc) is 2.61. The molecule has 164 valence electrons. The summed E-state index contributed by atoms with van der Waals surface area (Å²) < 4.78 is 32.0.